The molecule has 14 heavy (non-hydrogen) atoms. The molecule has 0 aromatic rings. The lowest BCUT2D eigenvalue weighted by molar-refractivity contribution is -0.125. The van der Waals surface area contributed by atoms with Crippen LogP contribution in [0.15, 0.2) is 0 Å². The van der Waals surface area contributed by atoms with Gasteiger partial charge in [-0.25, -0.2) is 0 Å². The van der Waals surface area contributed by atoms with Gasteiger partial charge in [0.2, 0.25) is 5.91 Å². The number of carbonyl (C=O) groups excluding carboxylic acids is 1. The third-order valence-corrected chi connectivity index (χ3v) is 2.82. The molecule has 3 heteroatoms. The van der Waals surface area contributed by atoms with E-state index in [0.717, 1.165) is 19.5 Å². The van der Waals surface area contributed by atoms with Crippen molar-refractivity contribution in [1.82, 2.24) is 10.2 Å². The Labute approximate surface area is 86.9 Å². The Morgan fingerprint density at radius 1 is 1.57 bits per heavy atom. The topological polar surface area (TPSA) is 32.3 Å². The molecule has 1 N–H and O–H groups in total. The number of carbonyl (C=O) groups is 1. The molecule has 1 rings (SSSR count). The van der Waals surface area contributed by atoms with E-state index < -0.39 is 0 Å². The Morgan fingerprint density at radius 3 is 2.86 bits per heavy atom. The summed E-state index contributed by atoms with van der Waals surface area (Å²) in [6.07, 6.45) is 2.34. The summed E-state index contributed by atoms with van der Waals surface area (Å²) in [5, 5.41) is 3.10. The predicted octanol–water partition coefficient (Wildman–Crippen LogP) is 1.24. The maximum Gasteiger partial charge on any atom is 0.222 e. The Balaban J connectivity index is 2.34. The maximum atomic E-state index is 11.5. The van der Waals surface area contributed by atoms with Crippen molar-refractivity contribution in [3.05, 3.63) is 0 Å². The average Bonchev–Trinajstić information content (AvgIpc) is 2.18. The molecule has 0 radical (unpaired) electrons. The third-order valence-electron chi connectivity index (χ3n) is 2.82. The van der Waals surface area contributed by atoms with E-state index in [1.54, 1.807) is 0 Å². The molecule has 0 aliphatic carbocycles. The molecule has 0 aromatic heterocycles. The van der Waals surface area contributed by atoms with E-state index in [0.29, 0.717) is 6.04 Å². The Bertz CT molecular complexity index is 192. The number of rotatable bonds is 3. The average molecular weight is 198 g/mol. The fraction of sp³-hybridized carbons (Fsp3) is 0.909. The molecular formula is C11H22N2O. The first kappa shape index (κ1) is 11.5. The number of nitrogens with one attached hydrogen (secondary N) is 1. The fourth-order valence-corrected chi connectivity index (χ4v) is 1.83. The van der Waals surface area contributed by atoms with Gasteiger partial charge in [0, 0.05) is 18.5 Å². The number of nitrogens with zero attached hydrogens (tertiary/aromatic N) is 1. The van der Waals surface area contributed by atoms with E-state index in [2.05, 4.69) is 17.1 Å². The zero-order valence-electron chi connectivity index (χ0n) is 9.55. The standard InChI is InChI=1S/C11H22N2O/c1-4-13-7-5-6-10(8-13)12-11(14)9(2)3/h9-10H,4-8H2,1-3H3,(H,12,14). The van der Waals surface area contributed by atoms with Crippen LogP contribution >= 0.6 is 0 Å². The Hall–Kier alpha value is -0.570. The van der Waals surface area contributed by atoms with E-state index in [1.165, 1.54) is 13.0 Å². The zero-order chi connectivity index (χ0) is 10.6. The SMILES string of the molecule is CCN1CCCC(NC(=O)C(C)C)C1. The molecule has 1 aliphatic heterocycles. The highest BCUT2D eigenvalue weighted by Gasteiger charge is 2.20. The molecule has 1 aliphatic rings. The molecule has 1 heterocycles. The molecule has 0 saturated carbocycles. The van der Waals surface area contributed by atoms with Crippen molar-refractivity contribution in [2.24, 2.45) is 5.92 Å². The predicted molar refractivity (Wildman–Crippen MR) is 58.1 cm³/mol. The molecular weight excluding hydrogens is 176 g/mol. The summed E-state index contributed by atoms with van der Waals surface area (Å²) in [6.45, 7) is 9.35. The van der Waals surface area contributed by atoms with E-state index in [-0.39, 0.29) is 11.8 Å². The van der Waals surface area contributed by atoms with Gasteiger partial charge in [0.15, 0.2) is 0 Å². The normalized spacial score (nSPS) is 23.9. The van der Waals surface area contributed by atoms with Gasteiger partial charge in [0.1, 0.15) is 0 Å². The first-order valence-electron chi connectivity index (χ1n) is 5.66. The maximum absolute atomic E-state index is 11.5. The highest BCUT2D eigenvalue weighted by molar-refractivity contribution is 5.78. The minimum atomic E-state index is 0.104. The van der Waals surface area contributed by atoms with Gasteiger partial charge in [-0.05, 0) is 25.9 Å². The van der Waals surface area contributed by atoms with Crippen molar-refractivity contribution in [1.29, 1.82) is 0 Å². The highest BCUT2D eigenvalue weighted by atomic mass is 16.1. The molecule has 0 aromatic carbocycles. The van der Waals surface area contributed by atoms with Crippen LogP contribution < -0.4 is 5.32 Å². The van der Waals surface area contributed by atoms with E-state index in [9.17, 15) is 4.79 Å². The van der Waals surface area contributed by atoms with E-state index in [1.807, 2.05) is 13.8 Å². The number of hydrogen-bond donors (Lipinski definition) is 1. The van der Waals surface area contributed by atoms with Gasteiger partial charge >= 0.3 is 0 Å². The van der Waals surface area contributed by atoms with Crippen LogP contribution in [0.2, 0.25) is 0 Å². The fourth-order valence-electron chi connectivity index (χ4n) is 1.83. The third kappa shape index (κ3) is 3.29. The lowest BCUT2D eigenvalue weighted by atomic mass is 10.0. The van der Waals surface area contributed by atoms with Crippen LogP contribution in [0, 0.1) is 5.92 Å². The Morgan fingerprint density at radius 2 is 2.29 bits per heavy atom. The van der Waals surface area contributed by atoms with Crippen molar-refractivity contribution in [2.45, 2.75) is 39.7 Å². The van der Waals surface area contributed by atoms with Crippen molar-refractivity contribution in [3.8, 4) is 0 Å². The molecule has 0 bridgehead atoms. The molecule has 82 valence electrons. The van der Waals surface area contributed by atoms with E-state index in [4.69, 9.17) is 0 Å². The molecule has 0 spiro atoms. The van der Waals surface area contributed by atoms with Gasteiger partial charge < -0.3 is 10.2 Å². The molecule has 3 nitrogen and oxygen atoms in total. The summed E-state index contributed by atoms with van der Waals surface area (Å²) in [5.74, 6) is 0.292. The van der Waals surface area contributed by atoms with Crippen molar-refractivity contribution in [3.63, 3.8) is 0 Å². The summed E-state index contributed by atoms with van der Waals surface area (Å²) in [6, 6.07) is 0.374. The van der Waals surface area contributed by atoms with Crippen LogP contribution in [0.3, 0.4) is 0 Å². The lowest BCUT2D eigenvalue weighted by Gasteiger charge is -2.32. The van der Waals surface area contributed by atoms with E-state index >= 15 is 0 Å². The van der Waals surface area contributed by atoms with Crippen LogP contribution in [-0.4, -0.2) is 36.5 Å². The smallest absolute Gasteiger partial charge is 0.222 e. The van der Waals surface area contributed by atoms with Crippen molar-refractivity contribution in [2.75, 3.05) is 19.6 Å². The summed E-state index contributed by atoms with van der Waals surface area (Å²) < 4.78 is 0. The number of amides is 1. The second-order valence-corrected chi connectivity index (χ2v) is 4.40. The molecule has 1 unspecified atom stereocenters. The second kappa shape index (κ2) is 5.35. The van der Waals surface area contributed by atoms with Gasteiger partial charge in [-0.3, -0.25) is 4.79 Å². The van der Waals surface area contributed by atoms with Gasteiger partial charge in [-0.2, -0.15) is 0 Å². The van der Waals surface area contributed by atoms with Crippen LogP contribution in [-0.2, 0) is 4.79 Å². The monoisotopic (exact) mass is 198 g/mol. The van der Waals surface area contributed by atoms with Crippen molar-refractivity contribution >= 4 is 5.91 Å². The minimum absolute atomic E-state index is 0.104. The minimum Gasteiger partial charge on any atom is -0.352 e. The first-order chi connectivity index (χ1) is 6.63. The largest absolute Gasteiger partial charge is 0.352 e. The number of likely N-dealkylation sites (tertiary alicyclic amines) is 1. The number of piperidine rings is 1. The van der Waals surface area contributed by atoms with Gasteiger partial charge in [-0.15, -0.1) is 0 Å². The van der Waals surface area contributed by atoms with Gasteiger partial charge in [-0.1, -0.05) is 20.8 Å². The lowest BCUT2D eigenvalue weighted by Crippen LogP contribution is -2.48. The highest BCUT2D eigenvalue weighted by Crippen LogP contribution is 2.10. The summed E-state index contributed by atoms with van der Waals surface area (Å²) >= 11 is 0. The van der Waals surface area contributed by atoms with Crippen LogP contribution in [0.25, 0.3) is 0 Å². The molecule has 1 atom stereocenters. The Kier molecular flexibility index (Phi) is 4.39. The zero-order valence-corrected chi connectivity index (χ0v) is 9.55. The molecule has 1 fully saturated rings. The van der Waals surface area contributed by atoms with Crippen molar-refractivity contribution < 1.29 is 4.79 Å². The van der Waals surface area contributed by atoms with Gasteiger partial charge in [0.25, 0.3) is 0 Å². The quantitative estimate of drug-likeness (QED) is 0.740. The van der Waals surface area contributed by atoms with Crippen LogP contribution in [0.1, 0.15) is 33.6 Å². The second-order valence-electron chi connectivity index (χ2n) is 4.40. The summed E-state index contributed by atoms with van der Waals surface area (Å²) in [4.78, 5) is 13.9. The van der Waals surface area contributed by atoms with Crippen LogP contribution in [0.4, 0.5) is 0 Å². The van der Waals surface area contributed by atoms with Crippen LogP contribution in [0.5, 0.6) is 0 Å². The number of hydrogen-bond acceptors (Lipinski definition) is 2. The number of likely N-dealkylation sites (N-methyl/N-ethyl adjacent to an activating group) is 1. The van der Waals surface area contributed by atoms with Gasteiger partial charge in [0.05, 0.1) is 0 Å². The molecule has 1 saturated heterocycles. The summed E-state index contributed by atoms with van der Waals surface area (Å²) in [7, 11) is 0. The summed E-state index contributed by atoms with van der Waals surface area (Å²) in [5.41, 5.74) is 0. The first-order valence-corrected chi connectivity index (χ1v) is 5.66. The molecule has 1 amide bonds.